The number of hydrogen-bond acceptors (Lipinski definition) is 3. The van der Waals surface area contributed by atoms with Gasteiger partial charge in [0.25, 0.3) is 0 Å². The lowest BCUT2D eigenvalue weighted by molar-refractivity contribution is 0.396. The number of hydrogen-bond donors (Lipinski definition) is 0. The lowest BCUT2D eigenvalue weighted by Crippen LogP contribution is -2.21. The van der Waals surface area contributed by atoms with Crippen LogP contribution < -0.4 is 0 Å². The second-order valence-corrected chi connectivity index (χ2v) is 4.77. The Kier molecular flexibility index (Phi) is 4.04. The minimum absolute atomic E-state index is 0.433. The van der Waals surface area contributed by atoms with Crippen LogP contribution in [0.5, 0.6) is 0 Å². The van der Waals surface area contributed by atoms with Gasteiger partial charge in [0.2, 0.25) is 0 Å². The van der Waals surface area contributed by atoms with Crippen LogP contribution in [-0.2, 0) is 0 Å². The molecule has 0 atom stereocenters. The molecule has 0 N–H and O–H groups in total. The molecule has 1 heterocycles. The van der Waals surface area contributed by atoms with Crippen LogP contribution in [0.4, 0.5) is 0 Å². The summed E-state index contributed by atoms with van der Waals surface area (Å²) in [6.45, 7) is 4.24. The van der Waals surface area contributed by atoms with E-state index in [-0.39, 0.29) is 0 Å². The number of rotatable bonds is 2. The van der Waals surface area contributed by atoms with E-state index >= 15 is 0 Å². The molecule has 0 aliphatic carbocycles. The molecule has 18 heavy (non-hydrogen) atoms. The van der Waals surface area contributed by atoms with Gasteiger partial charge in [0.05, 0.1) is 5.71 Å². The first-order chi connectivity index (χ1) is 8.58. The normalized spacial score (nSPS) is 16.4. The Labute approximate surface area is 116 Å². The SMILES string of the molecule is CC1=NCN(/N=C(\C)c2ccccc2Cl)C(Cl)=C1. The molecule has 0 unspecified atom stereocenters. The zero-order chi connectivity index (χ0) is 13.1. The van der Waals surface area contributed by atoms with Gasteiger partial charge >= 0.3 is 0 Å². The summed E-state index contributed by atoms with van der Waals surface area (Å²) in [5.74, 6) is 0. The van der Waals surface area contributed by atoms with Gasteiger partial charge in [-0.3, -0.25) is 4.99 Å². The Morgan fingerprint density at radius 1 is 1.33 bits per heavy atom. The molecule has 2 rings (SSSR count). The molecule has 1 aliphatic rings. The first-order valence-electron chi connectivity index (χ1n) is 5.54. The van der Waals surface area contributed by atoms with Gasteiger partial charge in [0, 0.05) is 16.3 Å². The van der Waals surface area contributed by atoms with Crippen LogP contribution in [-0.4, -0.2) is 23.1 Å². The van der Waals surface area contributed by atoms with Gasteiger partial charge in [-0.15, -0.1) is 0 Å². The summed E-state index contributed by atoms with van der Waals surface area (Å²) < 4.78 is 0. The van der Waals surface area contributed by atoms with Gasteiger partial charge in [-0.25, -0.2) is 5.01 Å². The highest BCUT2D eigenvalue weighted by molar-refractivity contribution is 6.34. The average Bonchev–Trinajstić information content (AvgIpc) is 2.33. The highest BCUT2D eigenvalue weighted by Gasteiger charge is 2.12. The van der Waals surface area contributed by atoms with Crippen LogP contribution in [0, 0.1) is 0 Å². The van der Waals surface area contributed by atoms with Crippen LogP contribution in [0.25, 0.3) is 0 Å². The van der Waals surface area contributed by atoms with Gasteiger partial charge in [-0.05, 0) is 26.0 Å². The number of benzene rings is 1. The fourth-order valence-corrected chi connectivity index (χ4v) is 2.13. The number of aliphatic imine (C=N–C) groups is 1. The summed E-state index contributed by atoms with van der Waals surface area (Å²) in [6, 6.07) is 7.58. The van der Waals surface area contributed by atoms with Crippen molar-refractivity contribution in [2.24, 2.45) is 10.1 Å². The summed E-state index contributed by atoms with van der Waals surface area (Å²) in [5.41, 5.74) is 2.61. The molecule has 0 fully saturated rings. The van der Waals surface area contributed by atoms with Gasteiger partial charge in [-0.1, -0.05) is 41.4 Å². The Morgan fingerprint density at radius 3 is 2.72 bits per heavy atom. The third-order valence-corrected chi connectivity index (χ3v) is 3.20. The Balaban J connectivity index is 2.25. The highest BCUT2D eigenvalue weighted by Crippen LogP contribution is 2.19. The van der Waals surface area contributed by atoms with Crippen molar-refractivity contribution >= 4 is 34.6 Å². The first-order valence-corrected chi connectivity index (χ1v) is 6.29. The molecule has 0 saturated heterocycles. The van der Waals surface area contributed by atoms with E-state index in [0.29, 0.717) is 16.8 Å². The summed E-state index contributed by atoms with van der Waals surface area (Å²) in [6.07, 6.45) is 1.79. The summed E-state index contributed by atoms with van der Waals surface area (Å²) in [7, 11) is 0. The second-order valence-electron chi connectivity index (χ2n) is 3.97. The Bertz CT molecular complexity index is 547. The summed E-state index contributed by atoms with van der Waals surface area (Å²) >= 11 is 12.2. The monoisotopic (exact) mass is 281 g/mol. The fourth-order valence-electron chi connectivity index (χ4n) is 1.61. The lowest BCUT2D eigenvalue weighted by Gasteiger charge is -2.20. The smallest absolute Gasteiger partial charge is 0.133 e. The van der Waals surface area contributed by atoms with E-state index in [0.717, 1.165) is 17.0 Å². The number of allylic oxidation sites excluding steroid dienone is 1. The predicted octanol–water partition coefficient (Wildman–Crippen LogP) is 3.88. The fraction of sp³-hybridized carbons (Fsp3) is 0.231. The molecule has 0 spiro atoms. The molecule has 94 valence electrons. The van der Waals surface area contributed by atoms with Gasteiger partial charge < -0.3 is 0 Å². The molecule has 0 radical (unpaired) electrons. The Morgan fingerprint density at radius 2 is 2.06 bits per heavy atom. The van der Waals surface area contributed by atoms with Crippen molar-refractivity contribution in [1.29, 1.82) is 0 Å². The third-order valence-electron chi connectivity index (χ3n) is 2.56. The summed E-state index contributed by atoms with van der Waals surface area (Å²) in [5, 5.41) is 7.33. The van der Waals surface area contributed by atoms with Crippen LogP contribution in [0.2, 0.25) is 5.02 Å². The van der Waals surface area contributed by atoms with E-state index in [2.05, 4.69) is 10.1 Å². The van der Waals surface area contributed by atoms with Crippen molar-refractivity contribution < 1.29 is 0 Å². The third kappa shape index (κ3) is 2.92. The molecular weight excluding hydrogens is 269 g/mol. The maximum absolute atomic E-state index is 6.12. The molecule has 1 aromatic carbocycles. The van der Waals surface area contributed by atoms with Gasteiger partial charge in [0.15, 0.2) is 0 Å². The van der Waals surface area contributed by atoms with Crippen molar-refractivity contribution in [3.05, 3.63) is 46.1 Å². The maximum atomic E-state index is 6.12. The van der Waals surface area contributed by atoms with Crippen molar-refractivity contribution in [3.63, 3.8) is 0 Å². The zero-order valence-corrected chi connectivity index (χ0v) is 11.7. The molecule has 0 saturated carbocycles. The predicted molar refractivity (Wildman–Crippen MR) is 77.4 cm³/mol. The lowest BCUT2D eigenvalue weighted by atomic mass is 10.1. The van der Waals surface area contributed by atoms with Crippen molar-refractivity contribution in [3.8, 4) is 0 Å². The minimum atomic E-state index is 0.433. The largest absolute Gasteiger partial charge is 0.266 e. The van der Waals surface area contributed by atoms with Gasteiger partial charge in [0.1, 0.15) is 11.8 Å². The second kappa shape index (κ2) is 5.55. The van der Waals surface area contributed by atoms with E-state index < -0.39 is 0 Å². The topological polar surface area (TPSA) is 28.0 Å². The van der Waals surface area contributed by atoms with Crippen LogP contribution in [0.15, 0.2) is 45.6 Å². The maximum Gasteiger partial charge on any atom is 0.133 e. The van der Waals surface area contributed by atoms with Crippen molar-refractivity contribution in [2.75, 3.05) is 6.67 Å². The van der Waals surface area contributed by atoms with Crippen molar-refractivity contribution in [2.45, 2.75) is 13.8 Å². The highest BCUT2D eigenvalue weighted by atomic mass is 35.5. The number of halogens is 2. The molecule has 0 bridgehead atoms. The van der Waals surface area contributed by atoms with E-state index in [1.807, 2.05) is 38.1 Å². The zero-order valence-electron chi connectivity index (χ0n) is 10.2. The first kappa shape index (κ1) is 13.1. The molecule has 0 aromatic heterocycles. The van der Waals surface area contributed by atoms with E-state index in [1.54, 1.807) is 11.1 Å². The quantitative estimate of drug-likeness (QED) is 0.597. The molecule has 1 aromatic rings. The molecule has 0 amide bonds. The van der Waals surface area contributed by atoms with E-state index in [1.165, 1.54) is 0 Å². The molecular formula is C13H13Cl2N3. The number of nitrogens with zero attached hydrogens (tertiary/aromatic N) is 3. The molecule has 5 heteroatoms. The summed E-state index contributed by atoms with van der Waals surface area (Å²) in [4.78, 5) is 4.27. The van der Waals surface area contributed by atoms with Gasteiger partial charge in [-0.2, -0.15) is 5.10 Å². The minimum Gasteiger partial charge on any atom is -0.266 e. The Hall–Kier alpha value is -1.32. The molecule has 3 nitrogen and oxygen atoms in total. The van der Waals surface area contributed by atoms with E-state index in [4.69, 9.17) is 23.2 Å². The average molecular weight is 282 g/mol. The van der Waals surface area contributed by atoms with Crippen LogP contribution in [0.3, 0.4) is 0 Å². The van der Waals surface area contributed by atoms with Crippen LogP contribution >= 0.6 is 23.2 Å². The number of hydrazone groups is 1. The van der Waals surface area contributed by atoms with E-state index in [9.17, 15) is 0 Å². The van der Waals surface area contributed by atoms with Crippen molar-refractivity contribution in [1.82, 2.24) is 5.01 Å². The standard InChI is InChI=1S/C13H13Cl2N3/c1-9-7-13(15)18(8-16-9)17-10(2)11-5-3-4-6-12(11)14/h3-7H,8H2,1-2H3/b17-10+. The van der Waals surface area contributed by atoms with Crippen LogP contribution in [0.1, 0.15) is 19.4 Å². The molecule has 1 aliphatic heterocycles.